The lowest BCUT2D eigenvalue weighted by Gasteiger charge is -2.21. The van der Waals surface area contributed by atoms with Gasteiger partial charge >= 0.3 is 44.4 Å². The standard InChI is InChI=1S/C13H23N.6BFH2O2/c1-3-4-5-6-7-10-14-11-8-13(2)9-12-14;6*2-1(3)4/h8-9,11H,3-7,10,12H2,1-2H3;6*3-4H. The molecule has 0 unspecified atom stereocenters. The highest BCUT2D eigenvalue weighted by Crippen LogP contribution is 2.08. The van der Waals surface area contributed by atoms with Crippen molar-refractivity contribution in [2.24, 2.45) is 0 Å². The van der Waals surface area contributed by atoms with Crippen molar-refractivity contribution in [3.05, 3.63) is 23.9 Å². The molecule has 0 fully saturated rings. The highest BCUT2D eigenvalue weighted by molar-refractivity contribution is 6.32. The largest absolute Gasteiger partial charge is 0.674 e. The fraction of sp³-hybridized carbons (Fsp3) is 0.692. The number of unbranched alkanes of at least 4 members (excludes halogenated alkanes) is 4. The molecule has 0 spiro atoms. The van der Waals surface area contributed by atoms with E-state index in [9.17, 15) is 25.9 Å². The zero-order valence-corrected chi connectivity index (χ0v) is 20.7. The Hall–Kier alpha value is -1.23. The maximum atomic E-state index is 10.1. The summed E-state index contributed by atoms with van der Waals surface area (Å²) in [5.41, 5.74) is 1.40. The number of halogens is 6. The van der Waals surface area contributed by atoms with Gasteiger partial charge in [0.2, 0.25) is 0 Å². The van der Waals surface area contributed by atoms with Gasteiger partial charge in [-0.05, 0) is 25.6 Å². The zero-order valence-electron chi connectivity index (χ0n) is 20.7. The molecule has 0 saturated carbocycles. The van der Waals surface area contributed by atoms with Crippen LogP contribution in [0.15, 0.2) is 23.9 Å². The second-order valence-corrected chi connectivity index (χ2v) is 6.04. The Morgan fingerprint density at radius 1 is 0.605 bits per heavy atom. The van der Waals surface area contributed by atoms with Gasteiger partial charge < -0.3 is 65.2 Å². The van der Waals surface area contributed by atoms with Gasteiger partial charge in [0.15, 0.2) is 0 Å². The normalized spacial score (nSPS) is 10.1. The van der Waals surface area contributed by atoms with Crippen LogP contribution in [0.1, 0.15) is 46.0 Å². The Morgan fingerprint density at radius 3 is 1.13 bits per heavy atom. The summed E-state index contributed by atoms with van der Waals surface area (Å²) in [7, 11) is -16.0. The minimum Gasteiger partial charge on any atom is -0.398 e. The number of rotatable bonds is 6. The Labute approximate surface area is 219 Å². The molecule has 38 heavy (non-hydrogen) atoms. The van der Waals surface area contributed by atoms with Crippen molar-refractivity contribution >= 4 is 44.4 Å². The van der Waals surface area contributed by atoms with E-state index in [1.165, 1.54) is 44.2 Å². The first-order valence-corrected chi connectivity index (χ1v) is 10.3. The van der Waals surface area contributed by atoms with E-state index in [1.807, 2.05) is 0 Å². The summed E-state index contributed by atoms with van der Waals surface area (Å²) in [5.74, 6) is 0. The van der Waals surface area contributed by atoms with E-state index in [0.717, 1.165) is 6.54 Å². The summed E-state index contributed by atoms with van der Waals surface area (Å²) in [6, 6.07) is 0. The van der Waals surface area contributed by atoms with Crippen LogP contribution in [0.4, 0.5) is 25.9 Å². The summed E-state index contributed by atoms with van der Waals surface area (Å²) < 4.78 is 60.7. The van der Waals surface area contributed by atoms with Gasteiger partial charge in [0.05, 0.1) is 0 Å². The van der Waals surface area contributed by atoms with Crippen LogP contribution in [0.2, 0.25) is 0 Å². The molecule has 0 atom stereocenters. The smallest absolute Gasteiger partial charge is 0.398 e. The van der Waals surface area contributed by atoms with Crippen LogP contribution < -0.4 is 0 Å². The fourth-order valence-electron chi connectivity index (χ4n) is 1.70. The van der Waals surface area contributed by atoms with Gasteiger partial charge in [-0.15, -0.1) is 0 Å². The number of nitrogens with zero attached hydrogens (tertiary/aromatic N) is 1. The van der Waals surface area contributed by atoms with Crippen LogP contribution in [-0.2, 0) is 0 Å². The van der Waals surface area contributed by atoms with E-state index in [0.29, 0.717) is 0 Å². The predicted octanol–water partition coefficient (Wildman–Crippen LogP) is -2.72. The number of allylic oxidation sites excluding steroid dienone is 2. The van der Waals surface area contributed by atoms with E-state index < -0.39 is 44.4 Å². The lowest BCUT2D eigenvalue weighted by molar-refractivity contribution is 0.338. The summed E-state index contributed by atoms with van der Waals surface area (Å²) in [6.07, 6.45) is 13.6. The summed E-state index contributed by atoms with van der Waals surface area (Å²) in [4.78, 5) is 2.40. The highest BCUT2D eigenvalue weighted by atomic mass is 19.1. The molecular weight excluding hydrogens is 541 g/mol. The molecule has 0 aromatic heterocycles. The molecule has 25 heteroatoms. The maximum absolute atomic E-state index is 10.1. The van der Waals surface area contributed by atoms with Gasteiger partial charge in [0.25, 0.3) is 0 Å². The van der Waals surface area contributed by atoms with Crippen molar-refractivity contribution in [2.45, 2.75) is 46.0 Å². The molecule has 0 aliphatic carbocycles. The molecule has 0 aromatic carbocycles. The SMILES string of the molecule is CCCCCCCN1C=CC(C)=CC1.OB(O)F.OB(O)F.OB(O)F.OB(O)F.OB(O)F.OB(O)F. The van der Waals surface area contributed by atoms with Crippen LogP contribution in [-0.4, -0.2) is 123 Å². The molecule has 224 valence electrons. The first kappa shape index (κ1) is 49.7. The first-order valence-electron chi connectivity index (χ1n) is 10.3. The second-order valence-electron chi connectivity index (χ2n) is 6.04. The molecule has 0 radical (unpaired) electrons. The van der Waals surface area contributed by atoms with Crippen molar-refractivity contribution in [3.8, 4) is 0 Å². The van der Waals surface area contributed by atoms with Crippen molar-refractivity contribution in [1.82, 2.24) is 4.90 Å². The molecule has 12 N–H and O–H groups in total. The zero-order chi connectivity index (χ0) is 31.7. The molecule has 1 aliphatic heterocycles. The molecule has 1 heterocycles. The minimum absolute atomic E-state index is 1.11. The molecule has 0 bridgehead atoms. The van der Waals surface area contributed by atoms with Gasteiger partial charge in [-0.25, -0.2) is 0 Å². The van der Waals surface area contributed by atoms with Crippen LogP contribution >= 0.6 is 0 Å². The average molecular weight is 576 g/mol. The molecule has 0 aromatic rings. The van der Waals surface area contributed by atoms with E-state index in [1.54, 1.807) is 0 Å². The van der Waals surface area contributed by atoms with Gasteiger partial charge in [-0.3, -0.25) is 25.9 Å². The predicted molar refractivity (Wildman–Crippen MR) is 131 cm³/mol. The van der Waals surface area contributed by atoms with E-state index in [-0.39, 0.29) is 0 Å². The molecular formula is C13H35B6F6NO12. The summed E-state index contributed by atoms with van der Waals surface area (Å²) in [6.45, 7) is 6.76. The van der Waals surface area contributed by atoms with Crippen LogP contribution in [0.3, 0.4) is 0 Å². The minimum atomic E-state index is -2.67. The van der Waals surface area contributed by atoms with Crippen LogP contribution in [0.5, 0.6) is 0 Å². The number of hydrogen-bond donors (Lipinski definition) is 12. The van der Waals surface area contributed by atoms with E-state index in [4.69, 9.17) is 60.3 Å². The third-order valence-electron chi connectivity index (χ3n) is 2.74. The van der Waals surface area contributed by atoms with Crippen LogP contribution in [0.25, 0.3) is 0 Å². The quantitative estimate of drug-likeness (QED) is 0.0875. The van der Waals surface area contributed by atoms with Gasteiger partial charge in [-0.2, -0.15) is 0 Å². The number of hydrogen-bond acceptors (Lipinski definition) is 13. The van der Waals surface area contributed by atoms with Crippen molar-refractivity contribution in [2.75, 3.05) is 13.1 Å². The Bertz CT molecular complexity index is 432. The average Bonchev–Trinajstić information content (AvgIpc) is 2.67. The Balaban J connectivity index is -0.0000000890. The third kappa shape index (κ3) is 159. The molecule has 13 nitrogen and oxygen atoms in total. The summed E-state index contributed by atoms with van der Waals surface area (Å²) in [5, 5.41) is 83.3. The van der Waals surface area contributed by atoms with E-state index >= 15 is 0 Å². The first-order chi connectivity index (χ1) is 17.2. The van der Waals surface area contributed by atoms with Crippen molar-refractivity contribution in [1.29, 1.82) is 0 Å². The molecule has 1 aliphatic rings. The molecule has 0 amide bonds. The lowest BCUT2D eigenvalue weighted by Crippen LogP contribution is -2.20. The lowest BCUT2D eigenvalue weighted by atomic mass is 10.1. The Kier molecular flexibility index (Phi) is 52.7. The topological polar surface area (TPSA) is 246 Å². The van der Waals surface area contributed by atoms with Gasteiger partial charge in [0, 0.05) is 13.1 Å². The van der Waals surface area contributed by atoms with Crippen molar-refractivity contribution < 1.29 is 86.2 Å². The fourth-order valence-corrected chi connectivity index (χ4v) is 1.70. The third-order valence-corrected chi connectivity index (χ3v) is 2.74. The highest BCUT2D eigenvalue weighted by Gasteiger charge is 2.01. The monoisotopic (exact) mass is 577 g/mol. The summed E-state index contributed by atoms with van der Waals surface area (Å²) >= 11 is 0. The van der Waals surface area contributed by atoms with Gasteiger partial charge in [-0.1, -0.05) is 44.3 Å². The second kappa shape index (κ2) is 40.3. The van der Waals surface area contributed by atoms with Crippen molar-refractivity contribution in [3.63, 3.8) is 0 Å². The van der Waals surface area contributed by atoms with Gasteiger partial charge in [0.1, 0.15) is 0 Å². The molecule has 1 rings (SSSR count). The maximum Gasteiger partial charge on any atom is 0.674 e. The van der Waals surface area contributed by atoms with Crippen LogP contribution in [0, 0.1) is 0 Å². The molecule has 0 saturated heterocycles. The Morgan fingerprint density at radius 2 is 0.895 bits per heavy atom. The van der Waals surface area contributed by atoms with E-state index in [2.05, 4.69) is 37.1 Å².